The van der Waals surface area contributed by atoms with Gasteiger partial charge in [-0.05, 0) is 11.1 Å². The van der Waals surface area contributed by atoms with Crippen molar-refractivity contribution in [3.8, 4) is 0 Å². The molecule has 0 saturated carbocycles. The molecule has 0 atom stereocenters. The molecule has 4 nitrogen and oxygen atoms in total. The summed E-state index contributed by atoms with van der Waals surface area (Å²) in [5, 5.41) is 20.4. The number of benzene rings is 1. The summed E-state index contributed by atoms with van der Waals surface area (Å²) in [7, 11) is 0. The molecule has 0 aliphatic carbocycles. The van der Waals surface area contributed by atoms with Crippen LogP contribution in [0.25, 0.3) is 0 Å². The molecule has 0 aromatic heterocycles. The van der Waals surface area contributed by atoms with Gasteiger partial charge in [0.2, 0.25) is 0 Å². The maximum atomic E-state index is 10.2. The van der Waals surface area contributed by atoms with E-state index >= 15 is 0 Å². The molecule has 0 N–H and O–H groups in total. The first-order chi connectivity index (χ1) is 5.61. The van der Waals surface area contributed by atoms with Crippen molar-refractivity contribution in [1.82, 2.24) is 0 Å². The fourth-order valence-corrected chi connectivity index (χ4v) is 0.742. The minimum absolute atomic E-state index is 0. The second-order valence-corrected chi connectivity index (χ2v) is 2.15. The Morgan fingerprint density at radius 3 is 1.31 bits per heavy atom. The van der Waals surface area contributed by atoms with E-state index in [4.69, 9.17) is 0 Å². The predicted octanol–water partition coefficient (Wildman–Crippen LogP) is -1.23. The van der Waals surface area contributed by atoms with E-state index in [1.54, 1.807) is 0 Å². The molecule has 0 heterocycles. The Morgan fingerprint density at radius 1 is 0.923 bits per heavy atom. The zero-order chi connectivity index (χ0) is 9.14. The Labute approximate surface area is 109 Å². The number of hydrogen-bond acceptors (Lipinski definition) is 4. The Bertz CT molecular complexity index is 296. The molecule has 0 radical (unpaired) electrons. The van der Waals surface area contributed by atoms with Crippen LogP contribution in [-0.2, 0) is 0 Å². The summed E-state index contributed by atoms with van der Waals surface area (Å²) in [6.07, 6.45) is 0. The molecule has 0 spiro atoms. The number of carbonyl (C=O) groups is 2. The van der Waals surface area contributed by atoms with Crippen LogP contribution >= 0.6 is 0 Å². The largest absolute Gasteiger partial charge is 2.00 e. The Balaban J connectivity index is -0.000000180. The van der Waals surface area contributed by atoms with Crippen LogP contribution in [-0.4, -0.2) is 49.7 Å². The molecule has 1 aromatic rings. The van der Waals surface area contributed by atoms with Crippen LogP contribution in [0.3, 0.4) is 0 Å². The van der Waals surface area contributed by atoms with Crippen LogP contribution in [0.5, 0.6) is 0 Å². The molecule has 0 aliphatic heterocycles. The molecule has 1 aromatic carbocycles. The van der Waals surface area contributed by atoms with E-state index in [2.05, 4.69) is 0 Å². The van der Waals surface area contributed by atoms with E-state index in [0.29, 0.717) is 0 Å². The number of rotatable bonds is 2. The second-order valence-electron chi connectivity index (χ2n) is 2.15. The van der Waals surface area contributed by atoms with Crippen molar-refractivity contribution < 1.29 is 24.1 Å². The quantitative estimate of drug-likeness (QED) is 0.572. The number of carboxylic acids is 2. The topological polar surface area (TPSA) is 80.3 Å². The third-order valence-corrected chi connectivity index (χ3v) is 1.36. The zero-order valence-electron chi connectivity index (χ0n) is 6.65. The molecule has 0 fully saturated rings. The van der Waals surface area contributed by atoms with Crippen molar-refractivity contribution in [3.05, 3.63) is 35.4 Å². The summed E-state index contributed by atoms with van der Waals surface area (Å²) < 4.78 is 0. The number of carboxylic acid groups (broad SMARTS) is 2. The Kier molecular flexibility index (Phi) is 4.98. The molecule has 0 bridgehead atoms. The van der Waals surface area contributed by atoms with Crippen LogP contribution < -0.4 is 10.2 Å². The average molecular weight is 210 g/mol. The molecule has 0 amide bonds. The van der Waals surface area contributed by atoms with Gasteiger partial charge in [0.15, 0.2) is 0 Å². The standard InChI is InChI=1S/C8H6O4.Ca.3H2/c9-7(10)5-1-2-6(4-3-5)8(11)12;;;;/h1-4H,(H,9,10)(H,11,12);;3*1H/q;+2;;;/p-2. The van der Waals surface area contributed by atoms with Crippen LogP contribution in [0.2, 0.25) is 0 Å². The summed E-state index contributed by atoms with van der Waals surface area (Å²) in [6.45, 7) is 0. The normalized spacial score (nSPS) is 8.62. The van der Waals surface area contributed by atoms with Crippen LogP contribution in [0, 0.1) is 0 Å². The molecule has 13 heavy (non-hydrogen) atoms. The van der Waals surface area contributed by atoms with Crippen LogP contribution in [0.1, 0.15) is 25.0 Å². The van der Waals surface area contributed by atoms with Crippen molar-refractivity contribution in [1.29, 1.82) is 0 Å². The summed E-state index contributed by atoms with van der Waals surface area (Å²) in [6, 6.07) is 4.61. The van der Waals surface area contributed by atoms with Crippen molar-refractivity contribution in [3.63, 3.8) is 0 Å². The van der Waals surface area contributed by atoms with Gasteiger partial charge in [0, 0.05) is 4.28 Å². The third-order valence-electron chi connectivity index (χ3n) is 1.36. The van der Waals surface area contributed by atoms with Gasteiger partial charge in [-0.15, -0.1) is 0 Å². The molecular weight excluding hydrogens is 200 g/mol. The fourth-order valence-electron chi connectivity index (χ4n) is 0.742. The fraction of sp³-hybridized carbons (Fsp3) is 0. The molecule has 0 aliphatic rings. The SMILES string of the molecule is O=C([O-])c1ccc(C(=O)[O-])cc1.[Ca+2].[HH].[HH].[HH]. The van der Waals surface area contributed by atoms with Crippen molar-refractivity contribution in [2.24, 2.45) is 0 Å². The van der Waals surface area contributed by atoms with E-state index in [1.165, 1.54) is 0 Å². The summed E-state index contributed by atoms with van der Waals surface area (Å²) in [5.74, 6) is -2.67. The van der Waals surface area contributed by atoms with Gasteiger partial charge < -0.3 is 19.8 Å². The average Bonchev–Trinajstić information content (AvgIpc) is 2.04. The van der Waals surface area contributed by atoms with E-state index in [1.807, 2.05) is 0 Å². The van der Waals surface area contributed by atoms with Crippen molar-refractivity contribution >= 4 is 49.7 Å². The molecule has 68 valence electrons. The van der Waals surface area contributed by atoms with E-state index in [0.717, 1.165) is 24.3 Å². The molecule has 0 unspecified atom stereocenters. The van der Waals surface area contributed by atoms with Gasteiger partial charge in [-0.2, -0.15) is 0 Å². The second kappa shape index (κ2) is 5.21. The molecule has 0 saturated heterocycles. The summed E-state index contributed by atoms with van der Waals surface area (Å²) in [4.78, 5) is 20.4. The van der Waals surface area contributed by atoms with Gasteiger partial charge in [-0.25, -0.2) is 0 Å². The first kappa shape index (κ1) is 12.4. The Hall–Kier alpha value is -0.580. The summed E-state index contributed by atoms with van der Waals surface area (Å²) >= 11 is 0. The van der Waals surface area contributed by atoms with Crippen molar-refractivity contribution in [2.45, 2.75) is 0 Å². The Morgan fingerprint density at radius 2 is 1.15 bits per heavy atom. The molecule has 5 heteroatoms. The van der Waals surface area contributed by atoms with Crippen LogP contribution in [0.15, 0.2) is 24.3 Å². The monoisotopic (exact) mass is 210 g/mol. The predicted molar refractivity (Wildman–Crippen MR) is 47.2 cm³/mol. The van der Waals surface area contributed by atoms with Gasteiger partial charge in [0.05, 0.1) is 11.9 Å². The number of carbonyl (C=O) groups excluding carboxylic acids is 2. The maximum absolute atomic E-state index is 10.2. The van der Waals surface area contributed by atoms with Gasteiger partial charge in [-0.3, -0.25) is 0 Å². The van der Waals surface area contributed by atoms with Gasteiger partial charge in [0.1, 0.15) is 0 Å². The zero-order valence-corrected chi connectivity index (χ0v) is 8.86. The number of hydrogen-bond donors (Lipinski definition) is 0. The molecule has 1 rings (SSSR count). The minimum Gasteiger partial charge on any atom is -0.545 e. The smallest absolute Gasteiger partial charge is 0.545 e. The maximum Gasteiger partial charge on any atom is 2.00 e. The van der Waals surface area contributed by atoms with E-state index in [9.17, 15) is 19.8 Å². The summed E-state index contributed by atoms with van der Waals surface area (Å²) in [5.41, 5.74) is -0.111. The van der Waals surface area contributed by atoms with E-state index < -0.39 is 11.9 Å². The third kappa shape index (κ3) is 3.34. The number of aromatic carboxylic acids is 2. The van der Waals surface area contributed by atoms with Gasteiger partial charge >= 0.3 is 37.7 Å². The van der Waals surface area contributed by atoms with E-state index in [-0.39, 0.29) is 53.1 Å². The first-order valence-corrected chi connectivity index (χ1v) is 3.14. The first-order valence-electron chi connectivity index (χ1n) is 3.14. The van der Waals surface area contributed by atoms with Gasteiger partial charge in [0.25, 0.3) is 0 Å². The van der Waals surface area contributed by atoms with Crippen LogP contribution in [0.4, 0.5) is 0 Å². The molecular formula is C8H10CaO4. The minimum atomic E-state index is -1.33. The van der Waals surface area contributed by atoms with Gasteiger partial charge in [-0.1, -0.05) is 24.3 Å². The van der Waals surface area contributed by atoms with Crippen molar-refractivity contribution in [2.75, 3.05) is 0 Å².